The summed E-state index contributed by atoms with van der Waals surface area (Å²) in [6, 6.07) is 7.45. The Morgan fingerprint density at radius 3 is 2.81 bits per heavy atom. The molecule has 4 rings (SSSR count). The molecule has 0 bridgehead atoms. The summed E-state index contributed by atoms with van der Waals surface area (Å²) in [6.07, 6.45) is 2.44. The first kappa shape index (κ1) is 25.3. The van der Waals surface area contributed by atoms with Crippen LogP contribution in [0.4, 0.5) is 0 Å². The molecule has 11 nitrogen and oxygen atoms in total. The van der Waals surface area contributed by atoms with E-state index in [1.165, 1.54) is 11.1 Å². The number of rotatable bonds is 8. The minimum absolute atomic E-state index is 0.0244. The van der Waals surface area contributed by atoms with Crippen LogP contribution in [0, 0.1) is 0 Å². The van der Waals surface area contributed by atoms with E-state index in [0.717, 1.165) is 5.39 Å². The van der Waals surface area contributed by atoms with Gasteiger partial charge in [-0.1, -0.05) is 30.3 Å². The molecular formula is C25H28N4O7. The molecule has 11 heteroatoms. The summed E-state index contributed by atoms with van der Waals surface area (Å²) < 4.78 is 10.4. The van der Waals surface area contributed by atoms with Gasteiger partial charge in [0.15, 0.2) is 0 Å². The Morgan fingerprint density at radius 1 is 1.22 bits per heavy atom. The lowest BCUT2D eigenvalue weighted by molar-refractivity contribution is -0.164. The van der Waals surface area contributed by atoms with Crippen molar-refractivity contribution in [3.63, 3.8) is 0 Å². The number of nitrogens with zero attached hydrogens (tertiary/aromatic N) is 2. The topological polar surface area (TPSA) is 147 Å². The van der Waals surface area contributed by atoms with E-state index in [1.54, 1.807) is 31.2 Å². The fraction of sp³-hybridized carbons (Fsp3) is 0.400. The summed E-state index contributed by atoms with van der Waals surface area (Å²) in [6.45, 7) is 1.43. The van der Waals surface area contributed by atoms with Crippen LogP contribution in [-0.2, 0) is 23.9 Å². The standard InChI is InChI=1S/C25H28N4O7/c1-2-35-25-19(11-21(32)36-25)27-20(31)13-29-12-15(14-30)7-8-18(24(29)34)28-23(33)22-17-6-4-3-5-16(17)9-10-26-22/h3-7,9-10,18-19,25,30H,2,8,11-14H2,1H3,(H,27,31)(H,28,33)/t18-,19?,25?/m0/s1. The quantitative estimate of drug-likeness (QED) is 0.349. The zero-order chi connectivity index (χ0) is 25.7. The number of carbonyl (C=O) groups excluding carboxylic acids is 4. The van der Waals surface area contributed by atoms with Crippen molar-refractivity contribution in [3.05, 3.63) is 53.9 Å². The van der Waals surface area contributed by atoms with Crippen LogP contribution in [0.5, 0.6) is 0 Å². The molecule has 1 saturated heterocycles. The van der Waals surface area contributed by atoms with Gasteiger partial charge < -0.3 is 30.1 Å². The molecule has 190 valence electrons. The molecule has 2 aliphatic rings. The lowest BCUT2D eigenvalue weighted by Crippen LogP contribution is -2.52. The predicted molar refractivity (Wildman–Crippen MR) is 127 cm³/mol. The number of aliphatic hydroxyl groups excluding tert-OH is 1. The van der Waals surface area contributed by atoms with E-state index in [-0.39, 0.29) is 38.2 Å². The van der Waals surface area contributed by atoms with Crippen molar-refractivity contribution in [1.82, 2.24) is 20.5 Å². The average Bonchev–Trinajstić information content (AvgIpc) is 3.14. The summed E-state index contributed by atoms with van der Waals surface area (Å²) in [5.41, 5.74) is 0.733. The van der Waals surface area contributed by atoms with Gasteiger partial charge >= 0.3 is 5.97 Å². The van der Waals surface area contributed by atoms with Crippen LogP contribution in [0.2, 0.25) is 0 Å². The fourth-order valence-corrected chi connectivity index (χ4v) is 4.28. The number of aliphatic hydroxyl groups is 1. The van der Waals surface area contributed by atoms with Gasteiger partial charge in [0, 0.05) is 24.7 Å². The molecular weight excluding hydrogens is 468 g/mol. The third-order valence-electron chi connectivity index (χ3n) is 6.02. The Hall–Kier alpha value is -3.83. The number of ether oxygens (including phenoxy) is 2. The van der Waals surface area contributed by atoms with Gasteiger partial charge in [-0.2, -0.15) is 0 Å². The maximum atomic E-state index is 13.3. The van der Waals surface area contributed by atoms with Crippen molar-refractivity contribution < 1.29 is 33.8 Å². The van der Waals surface area contributed by atoms with E-state index >= 15 is 0 Å². The molecule has 2 unspecified atom stereocenters. The van der Waals surface area contributed by atoms with E-state index in [4.69, 9.17) is 9.47 Å². The van der Waals surface area contributed by atoms with Crippen LogP contribution in [0.3, 0.4) is 0 Å². The highest BCUT2D eigenvalue weighted by Crippen LogP contribution is 2.19. The fourth-order valence-electron chi connectivity index (χ4n) is 4.28. The Kier molecular flexibility index (Phi) is 7.91. The molecule has 1 aromatic carbocycles. The number of benzene rings is 1. The molecule has 0 radical (unpaired) electrons. The first-order valence-corrected chi connectivity index (χ1v) is 11.7. The lowest BCUT2D eigenvalue weighted by atomic mass is 10.1. The van der Waals surface area contributed by atoms with Crippen LogP contribution in [0.25, 0.3) is 10.8 Å². The minimum Gasteiger partial charge on any atom is -0.433 e. The normalized spacial score (nSPS) is 22.1. The van der Waals surface area contributed by atoms with Crippen LogP contribution in [-0.4, -0.2) is 83.4 Å². The average molecular weight is 497 g/mol. The maximum Gasteiger partial charge on any atom is 0.310 e. The SMILES string of the molecule is CCOC1OC(=O)CC1NC(=O)CN1CC(CO)=CC[C@H](NC(=O)c2nccc3ccccc23)C1=O. The number of aromatic nitrogens is 1. The van der Waals surface area contributed by atoms with Crippen LogP contribution in [0.1, 0.15) is 30.3 Å². The highest BCUT2D eigenvalue weighted by molar-refractivity contribution is 6.06. The molecule has 0 aliphatic carbocycles. The number of amides is 3. The van der Waals surface area contributed by atoms with Gasteiger partial charge in [-0.25, -0.2) is 0 Å². The number of nitrogens with one attached hydrogen (secondary N) is 2. The van der Waals surface area contributed by atoms with Gasteiger partial charge in [-0.05, 0) is 30.4 Å². The molecule has 2 aliphatic heterocycles. The van der Waals surface area contributed by atoms with Crippen molar-refractivity contribution in [2.24, 2.45) is 0 Å². The van der Waals surface area contributed by atoms with Crippen LogP contribution >= 0.6 is 0 Å². The third kappa shape index (κ3) is 5.69. The summed E-state index contributed by atoms with van der Waals surface area (Å²) in [5, 5.41) is 16.6. The first-order valence-electron chi connectivity index (χ1n) is 11.7. The molecule has 0 spiro atoms. The zero-order valence-corrected chi connectivity index (χ0v) is 19.8. The van der Waals surface area contributed by atoms with Crippen molar-refractivity contribution in [1.29, 1.82) is 0 Å². The molecule has 3 amide bonds. The van der Waals surface area contributed by atoms with Crippen molar-refractivity contribution in [2.45, 2.75) is 38.1 Å². The Morgan fingerprint density at radius 2 is 2.03 bits per heavy atom. The second kappa shape index (κ2) is 11.3. The number of cyclic esters (lactones) is 1. The number of fused-ring (bicyclic) bond motifs is 1. The Bertz CT molecular complexity index is 1190. The van der Waals surface area contributed by atoms with E-state index in [0.29, 0.717) is 17.6 Å². The van der Waals surface area contributed by atoms with Gasteiger partial charge in [0.1, 0.15) is 17.8 Å². The molecule has 3 heterocycles. The highest BCUT2D eigenvalue weighted by atomic mass is 16.7. The second-order valence-electron chi connectivity index (χ2n) is 8.55. The van der Waals surface area contributed by atoms with Crippen molar-refractivity contribution in [3.8, 4) is 0 Å². The molecule has 2 aromatic rings. The van der Waals surface area contributed by atoms with Crippen LogP contribution in [0.15, 0.2) is 48.2 Å². The monoisotopic (exact) mass is 496 g/mol. The number of hydrogen-bond donors (Lipinski definition) is 3. The number of carbonyl (C=O) groups is 4. The number of pyridine rings is 1. The van der Waals surface area contributed by atoms with Gasteiger partial charge in [0.2, 0.25) is 18.1 Å². The molecule has 3 N–H and O–H groups in total. The molecule has 1 aromatic heterocycles. The summed E-state index contributed by atoms with van der Waals surface area (Å²) >= 11 is 0. The summed E-state index contributed by atoms with van der Waals surface area (Å²) in [5.74, 6) is -1.99. The van der Waals surface area contributed by atoms with Gasteiger partial charge in [-0.3, -0.25) is 24.2 Å². The van der Waals surface area contributed by atoms with E-state index in [9.17, 15) is 24.3 Å². The third-order valence-corrected chi connectivity index (χ3v) is 6.02. The van der Waals surface area contributed by atoms with Gasteiger partial charge in [0.05, 0.1) is 19.6 Å². The highest BCUT2D eigenvalue weighted by Gasteiger charge is 2.37. The smallest absolute Gasteiger partial charge is 0.310 e. The second-order valence-corrected chi connectivity index (χ2v) is 8.55. The van der Waals surface area contributed by atoms with E-state index < -0.39 is 42.1 Å². The first-order chi connectivity index (χ1) is 17.4. The van der Waals surface area contributed by atoms with Gasteiger partial charge in [0.25, 0.3) is 5.91 Å². The summed E-state index contributed by atoms with van der Waals surface area (Å²) in [7, 11) is 0. The molecule has 36 heavy (non-hydrogen) atoms. The maximum absolute atomic E-state index is 13.3. The zero-order valence-electron chi connectivity index (χ0n) is 19.8. The molecule has 0 saturated carbocycles. The van der Waals surface area contributed by atoms with E-state index in [2.05, 4.69) is 15.6 Å². The van der Waals surface area contributed by atoms with Crippen LogP contribution < -0.4 is 10.6 Å². The van der Waals surface area contributed by atoms with Crippen molar-refractivity contribution in [2.75, 3.05) is 26.3 Å². The Balaban J connectivity index is 1.47. The predicted octanol–water partition coefficient (Wildman–Crippen LogP) is 0.279. The summed E-state index contributed by atoms with van der Waals surface area (Å²) in [4.78, 5) is 56.3. The lowest BCUT2D eigenvalue weighted by Gasteiger charge is -2.26. The van der Waals surface area contributed by atoms with Crippen molar-refractivity contribution >= 4 is 34.5 Å². The number of hydrogen-bond acceptors (Lipinski definition) is 8. The largest absolute Gasteiger partial charge is 0.433 e. The number of esters is 1. The minimum atomic E-state index is -0.956. The Labute approximate surface area is 207 Å². The van der Waals surface area contributed by atoms with E-state index in [1.807, 2.05) is 12.1 Å². The van der Waals surface area contributed by atoms with Gasteiger partial charge in [-0.15, -0.1) is 0 Å². The molecule has 3 atom stereocenters. The molecule has 1 fully saturated rings.